The minimum atomic E-state index is -0.0705. The van der Waals surface area contributed by atoms with E-state index in [4.69, 9.17) is 0 Å². The summed E-state index contributed by atoms with van der Waals surface area (Å²) in [5.41, 5.74) is 6.33. The van der Waals surface area contributed by atoms with Gasteiger partial charge in [-0.25, -0.2) is 0 Å². The summed E-state index contributed by atoms with van der Waals surface area (Å²) in [7, 11) is 0. The molecule has 6 atom stereocenters. The van der Waals surface area contributed by atoms with E-state index < -0.39 is 0 Å². The molecule has 1 aromatic heterocycles. The number of nitrogens with zero attached hydrogens (tertiary/aromatic N) is 2. The molecule has 4 aliphatic rings. The van der Waals surface area contributed by atoms with Gasteiger partial charge in [0.05, 0.1) is 0 Å². The van der Waals surface area contributed by atoms with Crippen LogP contribution in [0.25, 0.3) is 5.57 Å². The van der Waals surface area contributed by atoms with Crippen molar-refractivity contribution < 1.29 is 0 Å². The average molecular weight is 377 g/mol. The van der Waals surface area contributed by atoms with Crippen LogP contribution in [0.4, 0.5) is 0 Å². The van der Waals surface area contributed by atoms with Crippen LogP contribution >= 0.6 is 0 Å². The molecule has 2 fully saturated rings. The topological polar surface area (TPSA) is 42.3 Å². The van der Waals surface area contributed by atoms with E-state index in [1.165, 1.54) is 43.2 Å². The molecule has 3 nitrogen and oxygen atoms in total. The van der Waals surface area contributed by atoms with Crippen molar-refractivity contribution in [1.29, 1.82) is 0 Å². The maximum absolute atomic E-state index is 11.3. The number of fused-ring (bicyclic) bond motifs is 5. The summed E-state index contributed by atoms with van der Waals surface area (Å²) in [6.07, 6.45) is 14.8. The lowest BCUT2D eigenvalue weighted by Crippen LogP contribution is -2.50. The lowest BCUT2D eigenvalue weighted by atomic mass is 9.46. The molecular weight excluding hydrogens is 344 g/mol. The van der Waals surface area contributed by atoms with Crippen molar-refractivity contribution in [2.75, 3.05) is 0 Å². The summed E-state index contributed by atoms with van der Waals surface area (Å²) in [6.45, 7) is 7.21. The van der Waals surface area contributed by atoms with Gasteiger partial charge in [-0.15, -0.1) is 0 Å². The molecule has 0 radical (unpaired) electrons. The van der Waals surface area contributed by atoms with Crippen LogP contribution in [0.2, 0.25) is 0 Å². The molecule has 3 heteroatoms. The first kappa shape index (κ1) is 18.3. The average Bonchev–Trinajstić information content (AvgIpc) is 3.06. The first-order chi connectivity index (χ1) is 13.5. The van der Waals surface area contributed by atoms with Gasteiger partial charge in [-0.3, -0.25) is 4.98 Å². The van der Waals surface area contributed by atoms with E-state index in [-0.39, 0.29) is 11.5 Å². The van der Waals surface area contributed by atoms with Crippen molar-refractivity contribution in [3.8, 4) is 0 Å². The Kier molecular flexibility index (Phi) is 4.16. The second-order valence-corrected chi connectivity index (χ2v) is 10.2. The number of nitroso groups, excluding NO2 is 1. The molecule has 0 amide bonds. The fourth-order valence-corrected chi connectivity index (χ4v) is 7.81. The summed E-state index contributed by atoms with van der Waals surface area (Å²) in [4.78, 5) is 15.7. The van der Waals surface area contributed by atoms with Gasteiger partial charge in [-0.05, 0) is 103 Å². The van der Waals surface area contributed by atoms with Crippen LogP contribution in [0.5, 0.6) is 0 Å². The Bertz CT molecular complexity index is 857. The lowest BCUT2D eigenvalue weighted by molar-refractivity contribution is -0.0237. The SMILES string of the molecule is CC1=C2CCC3C4CC=C(c5cccnc5)C4(C)CCC3C2(C)CCC1N=O. The monoisotopic (exact) mass is 376 g/mol. The fourth-order valence-electron chi connectivity index (χ4n) is 7.81. The number of aromatic nitrogens is 1. The first-order valence-corrected chi connectivity index (χ1v) is 11.1. The predicted molar refractivity (Wildman–Crippen MR) is 114 cm³/mol. The van der Waals surface area contributed by atoms with E-state index in [9.17, 15) is 4.91 Å². The molecule has 6 unspecified atom stereocenters. The number of hydrogen-bond acceptors (Lipinski definition) is 3. The third-order valence-corrected chi connectivity index (χ3v) is 9.27. The van der Waals surface area contributed by atoms with E-state index in [0.29, 0.717) is 5.41 Å². The van der Waals surface area contributed by atoms with Crippen LogP contribution < -0.4 is 0 Å². The summed E-state index contributed by atoms with van der Waals surface area (Å²) in [5.74, 6) is 2.31. The smallest absolute Gasteiger partial charge is 0.113 e. The van der Waals surface area contributed by atoms with Gasteiger partial charge >= 0.3 is 0 Å². The zero-order valence-electron chi connectivity index (χ0n) is 17.4. The predicted octanol–water partition coefficient (Wildman–Crippen LogP) is 6.56. The Balaban J connectivity index is 1.48. The molecule has 4 aliphatic carbocycles. The van der Waals surface area contributed by atoms with Crippen LogP contribution in [0.1, 0.15) is 71.3 Å². The minimum Gasteiger partial charge on any atom is -0.264 e. The Hall–Kier alpha value is -1.77. The van der Waals surface area contributed by atoms with Crippen molar-refractivity contribution in [3.05, 3.63) is 52.2 Å². The van der Waals surface area contributed by atoms with Gasteiger partial charge in [0.1, 0.15) is 6.04 Å². The van der Waals surface area contributed by atoms with E-state index >= 15 is 0 Å². The van der Waals surface area contributed by atoms with Crippen LogP contribution in [-0.4, -0.2) is 11.0 Å². The van der Waals surface area contributed by atoms with Gasteiger partial charge in [0.2, 0.25) is 0 Å². The van der Waals surface area contributed by atoms with E-state index in [1.807, 2.05) is 12.4 Å². The fraction of sp³-hybridized carbons (Fsp3) is 0.640. The van der Waals surface area contributed by atoms with Crippen molar-refractivity contribution in [1.82, 2.24) is 4.98 Å². The molecule has 0 bridgehead atoms. The van der Waals surface area contributed by atoms with E-state index in [1.54, 1.807) is 11.1 Å². The van der Waals surface area contributed by atoms with Gasteiger partial charge in [-0.2, -0.15) is 4.91 Å². The highest BCUT2D eigenvalue weighted by atomic mass is 16.3. The lowest BCUT2D eigenvalue weighted by Gasteiger charge is -2.58. The number of pyridine rings is 1. The Labute approximate surface area is 168 Å². The first-order valence-electron chi connectivity index (χ1n) is 11.1. The molecule has 1 aromatic rings. The summed E-state index contributed by atoms with van der Waals surface area (Å²) >= 11 is 0. The molecule has 0 aliphatic heterocycles. The molecular formula is C25H32N2O. The second-order valence-electron chi connectivity index (χ2n) is 10.2. The summed E-state index contributed by atoms with van der Waals surface area (Å²) < 4.78 is 0. The zero-order valence-corrected chi connectivity index (χ0v) is 17.4. The van der Waals surface area contributed by atoms with Gasteiger partial charge in [-0.1, -0.05) is 36.7 Å². The summed E-state index contributed by atoms with van der Waals surface area (Å²) in [5, 5.41) is 3.44. The van der Waals surface area contributed by atoms with Crippen molar-refractivity contribution >= 4 is 5.57 Å². The Morgan fingerprint density at radius 2 is 1.93 bits per heavy atom. The molecule has 1 heterocycles. The van der Waals surface area contributed by atoms with Gasteiger partial charge in [0.15, 0.2) is 0 Å². The third kappa shape index (κ3) is 2.37. The summed E-state index contributed by atoms with van der Waals surface area (Å²) in [6, 6.07) is 4.23. The highest BCUT2D eigenvalue weighted by Crippen LogP contribution is 2.67. The third-order valence-electron chi connectivity index (χ3n) is 9.27. The standard InChI is InChI=1S/C25H32N2O/c1-16-19-7-6-18-21-9-8-20(17-5-4-14-26-15-17)25(21,3)12-10-22(18)24(19,2)13-11-23(16)27-28/h4-5,8,14-15,18,21-23H,6-7,9-13H2,1-3H3. The highest BCUT2D eigenvalue weighted by molar-refractivity contribution is 5.72. The molecule has 2 saturated carbocycles. The van der Waals surface area contributed by atoms with Crippen LogP contribution in [0.15, 0.2) is 46.9 Å². The van der Waals surface area contributed by atoms with Crippen LogP contribution in [-0.2, 0) is 0 Å². The van der Waals surface area contributed by atoms with Crippen molar-refractivity contribution in [2.24, 2.45) is 33.8 Å². The maximum Gasteiger partial charge on any atom is 0.113 e. The van der Waals surface area contributed by atoms with Crippen LogP contribution in [0.3, 0.4) is 0 Å². The molecule has 148 valence electrons. The van der Waals surface area contributed by atoms with Gasteiger partial charge < -0.3 is 0 Å². The number of hydrogen-bond donors (Lipinski definition) is 0. The molecule has 0 spiro atoms. The molecule has 28 heavy (non-hydrogen) atoms. The molecule has 5 rings (SSSR count). The Morgan fingerprint density at radius 3 is 2.68 bits per heavy atom. The second kappa shape index (κ2) is 6.37. The highest BCUT2D eigenvalue weighted by Gasteiger charge is 2.57. The molecule has 0 aromatic carbocycles. The Morgan fingerprint density at radius 1 is 1.11 bits per heavy atom. The number of allylic oxidation sites excluding steroid dienone is 3. The normalized spacial score (nSPS) is 42.3. The van der Waals surface area contributed by atoms with E-state index in [2.05, 4.69) is 49.1 Å². The molecule has 0 saturated heterocycles. The van der Waals surface area contributed by atoms with Crippen molar-refractivity contribution in [2.45, 2.75) is 71.8 Å². The largest absolute Gasteiger partial charge is 0.264 e. The quantitative estimate of drug-likeness (QED) is 0.433. The van der Waals surface area contributed by atoms with Crippen molar-refractivity contribution in [3.63, 3.8) is 0 Å². The van der Waals surface area contributed by atoms with Crippen LogP contribution in [0, 0.1) is 33.5 Å². The van der Waals surface area contributed by atoms with E-state index in [0.717, 1.165) is 30.6 Å². The zero-order chi connectivity index (χ0) is 19.5. The number of rotatable bonds is 2. The molecule has 0 N–H and O–H groups in total. The van der Waals surface area contributed by atoms with Gasteiger partial charge in [0.25, 0.3) is 0 Å². The maximum atomic E-state index is 11.3. The van der Waals surface area contributed by atoms with Gasteiger partial charge in [0, 0.05) is 12.4 Å². The minimum absolute atomic E-state index is 0.0705.